The zero-order valence-corrected chi connectivity index (χ0v) is 12.8. The first-order chi connectivity index (χ1) is 11.2. The number of carboxylic acids is 1. The lowest BCUT2D eigenvalue weighted by atomic mass is 10.1. The highest BCUT2D eigenvalue weighted by molar-refractivity contribution is 5.91. The van der Waals surface area contributed by atoms with E-state index in [0.717, 1.165) is 6.92 Å². The minimum absolute atomic E-state index is 0.0587. The number of rotatable bonds is 4. The van der Waals surface area contributed by atoms with Crippen molar-refractivity contribution >= 4 is 17.7 Å². The summed E-state index contributed by atoms with van der Waals surface area (Å²) in [6.45, 7) is 1.20. The van der Waals surface area contributed by atoms with Gasteiger partial charge in [0.1, 0.15) is 5.75 Å². The standard InChI is InChI=1S/C15H17F3N2O4/c1-9(15(16,17)18)24-12-5-3-2-4-11(12)19-14(23)20-7-6-10(8-20)13(21)22/h2-5,9-10H,6-8H2,1H3,(H,19,23)(H,21,22). The van der Waals surface area contributed by atoms with E-state index >= 15 is 0 Å². The second kappa shape index (κ2) is 6.98. The second-order valence-electron chi connectivity index (χ2n) is 5.50. The Bertz CT molecular complexity index is 621. The third-order valence-corrected chi connectivity index (χ3v) is 3.72. The topological polar surface area (TPSA) is 78.9 Å². The molecule has 1 aromatic rings. The summed E-state index contributed by atoms with van der Waals surface area (Å²) in [4.78, 5) is 24.4. The fourth-order valence-electron chi connectivity index (χ4n) is 2.27. The van der Waals surface area contributed by atoms with Gasteiger partial charge in [-0.15, -0.1) is 0 Å². The summed E-state index contributed by atoms with van der Waals surface area (Å²) >= 11 is 0. The zero-order valence-electron chi connectivity index (χ0n) is 12.8. The van der Waals surface area contributed by atoms with Gasteiger partial charge >= 0.3 is 18.2 Å². The van der Waals surface area contributed by atoms with E-state index < -0.39 is 30.2 Å². The van der Waals surface area contributed by atoms with Crippen LogP contribution in [0.1, 0.15) is 13.3 Å². The molecule has 9 heteroatoms. The highest BCUT2D eigenvalue weighted by Gasteiger charge is 2.38. The van der Waals surface area contributed by atoms with Crippen molar-refractivity contribution in [3.05, 3.63) is 24.3 Å². The Hall–Kier alpha value is -2.45. The average Bonchev–Trinajstić information content (AvgIpc) is 2.98. The van der Waals surface area contributed by atoms with Crippen molar-refractivity contribution in [1.29, 1.82) is 0 Å². The number of alkyl halides is 3. The van der Waals surface area contributed by atoms with Crippen LogP contribution in [-0.2, 0) is 4.79 Å². The third kappa shape index (κ3) is 4.30. The summed E-state index contributed by atoms with van der Waals surface area (Å²) in [6, 6.07) is 5.20. The van der Waals surface area contributed by atoms with Crippen molar-refractivity contribution < 1.29 is 32.6 Å². The van der Waals surface area contributed by atoms with Gasteiger partial charge in [-0.25, -0.2) is 4.79 Å². The van der Waals surface area contributed by atoms with Gasteiger partial charge in [-0.05, 0) is 25.5 Å². The molecule has 132 valence electrons. The van der Waals surface area contributed by atoms with E-state index in [1.165, 1.54) is 23.1 Å². The maximum Gasteiger partial charge on any atom is 0.425 e. The van der Waals surface area contributed by atoms with Gasteiger partial charge < -0.3 is 20.1 Å². The number of benzene rings is 1. The van der Waals surface area contributed by atoms with E-state index in [1.807, 2.05) is 0 Å². The number of nitrogens with zero attached hydrogens (tertiary/aromatic N) is 1. The molecule has 6 nitrogen and oxygen atoms in total. The molecule has 1 aliphatic rings. The van der Waals surface area contributed by atoms with Crippen molar-refractivity contribution in [2.45, 2.75) is 25.6 Å². The summed E-state index contributed by atoms with van der Waals surface area (Å²) < 4.78 is 42.7. The number of anilines is 1. The molecule has 1 fully saturated rings. The van der Waals surface area contributed by atoms with Crippen LogP contribution in [0.3, 0.4) is 0 Å². The monoisotopic (exact) mass is 346 g/mol. The van der Waals surface area contributed by atoms with E-state index in [4.69, 9.17) is 9.84 Å². The van der Waals surface area contributed by atoms with Crippen LogP contribution in [0.15, 0.2) is 24.3 Å². The van der Waals surface area contributed by atoms with Gasteiger partial charge in [0.15, 0.2) is 6.10 Å². The first-order valence-electron chi connectivity index (χ1n) is 7.29. The molecule has 1 saturated heterocycles. The Morgan fingerprint density at radius 1 is 1.38 bits per heavy atom. The highest BCUT2D eigenvalue weighted by Crippen LogP contribution is 2.30. The number of amides is 2. The van der Waals surface area contributed by atoms with Crippen molar-refractivity contribution in [2.24, 2.45) is 5.92 Å². The Kier molecular flexibility index (Phi) is 5.20. The predicted molar refractivity (Wildman–Crippen MR) is 78.9 cm³/mol. The molecular weight excluding hydrogens is 329 g/mol. The van der Waals surface area contributed by atoms with E-state index in [2.05, 4.69) is 5.32 Å². The number of ether oxygens (including phenoxy) is 1. The molecule has 1 aromatic carbocycles. The number of carbonyl (C=O) groups is 2. The lowest BCUT2D eigenvalue weighted by molar-refractivity contribution is -0.189. The van der Waals surface area contributed by atoms with Crippen LogP contribution in [-0.4, -0.2) is 47.4 Å². The summed E-state index contributed by atoms with van der Waals surface area (Å²) in [7, 11) is 0. The molecule has 1 heterocycles. The van der Waals surface area contributed by atoms with Crippen LogP contribution in [0.5, 0.6) is 5.75 Å². The third-order valence-electron chi connectivity index (χ3n) is 3.72. The average molecular weight is 346 g/mol. The normalized spacial score (nSPS) is 19.0. The Morgan fingerprint density at radius 2 is 2.04 bits per heavy atom. The van der Waals surface area contributed by atoms with Gasteiger partial charge in [0, 0.05) is 13.1 Å². The summed E-state index contributed by atoms with van der Waals surface area (Å²) in [5.41, 5.74) is 0.0948. The lowest BCUT2D eigenvalue weighted by Crippen LogP contribution is -2.34. The maximum absolute atomic E-state index is 12.6. The van der Waals surface area contributed by atoms with Crippen LogP contribution in [0.25, 0.3) is 0 Å². The Balaban J connectivity index is 2.05. The number of para-hydroxylation sites is 2. The van der Waals surface area contributed by atoms with E-state index in [9.17, 15) is 22.8 Å². The van der Waals surface area contributed by atoms with Crippen LogP contribution in [0, 0.1) is 5.92 Å². The molecule has 2 atom stereocenters. The molecule has 1 aliphatic heterocycles. The molecule has 0 spiro atoms. The van der Waals surface area contributed by atoms with Crippen molar-refractivity contribution in [1.82, 2.24) is 4.90 Å². The summed E-state index contributed by atoms with van der Waals surface area (Å²) in [6.07, 6.45) is -6.22. The van der Waals surface area contributed by atoms with Gasteiger partial charge in [-0.2, -0.15) is 13.2 Å². The Labute approximate surface area is 136 Å². The van der Waals surface area contributed by atoms with Crippen molar-refractivity contribution in [3.63, 3.8) is 0 Å². The first kappa shape index (κ1) is 17.9. The fourth-order valence-corrected chi connectivity index (χ4v) is 2.27. The SMILES string of the molecule is CC(Oc1ccccc1NC(=O)N1CCC(C(=O)O)C1)C(F)(F)F. The fraction of sp³-hybridized carbons (Fsp3) is 0.467. The molecule has 2 rings (SSSR count). The van der Waals surface area contributed by atoms with Gasteiger partial charge in [0.25, 0.3) is 0 Å². The number of hydrogen-bond acceptors (Lipinski definition) is 3. The number of urea groups is 1. The van der Waals surface area contributed by atoms with Crippen LogP contribution in [0.4, 0.5) is 23.7 Å². The number of nitrogens with one attached hydrogen (secondary N) is 1. The van der Waals surface area contributed by atoms with E-state index in [0.29, 0.717) is 6.42 Å². The van der Waals surface area contributed by atoms with Crippen LogP contribution >= 0.6 is 0 Å². The smallest absolute Gasteiger partial charge is 0.425 e. The molecule has 0 radical (unpaired) electrons. The van der Waals surface area contributed by atoms with Crippen molar-refractivity contribution in [3.8, 4) is 5.75 Å². The van der Waals surface area contributed by atoms with Gasteiger partial charge in [0.2, 0.25) is 0 Å². The molecule has 0 bridgehead atoms. The number of aliphatic carboxylic acids is 1. The van der Waals surface area contributed by atoms with Gasteiger partial charge in [-0.1, -0.05) is 12.1 Å². The molecule has 2 unspecified atom stereocenters. The van der Waals surface area contributed by atoms with Crippen LogP contribution < -0.4 is 10.1 Å². The number of hydrogen-bond donors (Lipinski definition) is 2. The largest absolute Gasteiger partial charge is 0.481 e. The number of carbonyl (C=O) groups excluding carboxylic acids is 1. The predicted octanol–water partition coefficient (Wildman–Crippen LogP) is 2.95. The molecule has 0 aliphatic carbocycles. The van der Waals surface area contributed by atoms with Crippen molar-refractivity contribution in [2.75, 3.05) is 18.4 Å². The molecular formula is C15H17F3N2O4. The summed E-state index contributed by atoms with van der Waals surface area (Å²) in [5.74, 6) is -1.72. The van der Waals surface area contributed by atoms with E-state index in [1.54, 1.807) is 6.07 Å². The molecule has 0 aromatic heterocycles. The maximum atomic E-state index is 12.6. The zero-order chi connectivity index (χ0) is 17.9. The minimum Gasteiger partial charge on any atom is -0.481 e. The lowest BCUT2D eigenvalue weighted by Gasteiger charge is -2.21. The molecule has 24 heavy (non-hydrogen) atoms. The van der Waals surface area contributed by atoms with Crippen LogP contribution in [0.2, 0.25) is 0 Å². The highest BCUT2D eigenvalue weighted by atomic mass is 19.4. The Morgan fingerprint density at radius 3 is 2.62 bits per heavy atom. The number of likely N-dealkylation sites (tertiary alicyclic amines) is 1. The first-order valence-corrected chi connectivity index (χ1v) is 7.29. The second-order valence-corrected chi connectivity index (χ2v) is 5.50. The molecule has 0 saturated carbocycles. The minimum atomic E-state index is -4.53. The number of carboxylic acid groups (broad SMARTS) is 1. The van der Waals surface area contributed by atoms with Gasteiger partial charge in [-0.3, -0.25) is 4.79 Å². The van der Waals surface area contributed by atoms with E-state index in [-0.39, 0.29) is 24.5 Å². The molecule has 2 amide bonds. The summed E-state index contributed by atoms with van der Waals surface area (Å²) in [5, 5.41) is 11.4. The molecule has 2 N–H and O–H groups in total. The quantitative estimate of drug-likeness (QED) is 0.879. The van der Waals surface area contributed by atoms with Gasteiger partial charge in [0.05, 0.1) is 11.6 Å². The number of halogens is 3.